The van der Waals surface area contributed by atoms with Gasteiger partial charge in [0.05, 0.1) is 6.04 Å². The molecule has 0 N–H and O–H groups in total. The second-order valence-electron chi connectivity index (χ2n) is 6.03. The van der Waals surface area contributed by atoms with Gasteiger partial charge in [-0.1, -0.05) is 15.9 Å². The topological polar surface area (TPSA) is 29.5 Å². The van der Waals surface area contributed by atoms with Crippen LogP contribution in [-0.2, 0) is 4.74 Å². The first-order valence-electron chi connectivity index (χ1n) is 6.72. The van der Waals surface area contributed by atoms with E-state index in [1.807, 2.05) is 26.8 Å². The molecule has 20 heavy (non-hydrogen) atoms. The molecule has 0 bridgehead atoms. The Kier molecular flexibility index (Phi) is 4.37. The van der Waals surface area contributed by atoms with Gasteiger partial charge in [0.15, 0.2) is 0 Å². The summed E-state index contributed by atoms with van der Waals surface area (Å²) in [6, 6.07) is 4.64. The lowest BCUT2D eigenvalue weighted by Crippen LogP contribution is -2.36. The average Bonchev–Trinajstić information content (AvgIpc) is 2.73. The van der Waals surface area contributed by atoms with Crippen LogP contribution in [0.5, 0.6) is 0 Å². The van der Waals surface area contributed by atoms with E-state index in [2.05, 4.69) is 15.9 Å². The maximum atomic E-state index is 13.5. The molecule has 110 valence electrons. The van der Waals surface area contributed by atoms with Crippen molar-refractivity contribution in [3.8, 4) is 0 Å². The van der Waals surface area contributed by atoms with Gasteiger partial charge in [0.25, 0.3) is 0 Å². The molecule has 0 radical (unpaired) electrons. The largest absolute Gasteiger partial charge is 0.444 e. The number of halogens is 2. The van der Waals surface area contributed by atoms with E-state index in [9.17, 15) is 9.18 Å². The molecule has 0 spiro atoms. The van der Waals surface area contributed by atoms with Crippen LogP contribution in [0.4, 0.5) is 9.18 Å². The summed E-state index contributed by atoms with van der Waals surface area (Å²) in [6.07, 6.45) is 1.40. The summed E-state index contributed by atoms with van der Waals surface area (Å²) in [7, 11) is 0. The minimum Gasteiger partial charge on any atom is -0.444 e. The fourth-order valence-electron chi connectivity index (χ4n) is 2.42. The first-order valence-corrected chi connectivity index (χ1v) is 7.51. The lowest BCUT2D eigenvalue weighted by Gasteiger charge is -2.29. The number of ether oxygens (including phenoxy) is 1. The number of carbonyl (C=O) groups excluding carboxylic acids is 1. The van der Waals surface area contributed by atoms with Crippen molar-refractivity contribution in [3.05, 3.63) is 34.1 Å². The molecule has 1 saturated heterocycles. The van der Waals surface area contributed by atoms with E-state index in [1.165, 1.54) is 12.1 Å². The number of hydrogen-bond acceptors (Lipinski definition) is 2. The molecule has 0 aromatic heterocycles. The van der Waals surface area contributed by atoms with Crippen LogP contribution in [0.15, 0.2) is 22.7 Å². The third-order valence-electron chi connectivity index (χ3n) is 3.15. The van der Waals surface area contributed by atoms with Crippen LogP contribution < -0.4 is 0 Å². The highest BCUT2D eigenvalue weighted by Crippen LogP contribution is 2.34. The second kappa shape index (κ2) is 5.72. The number of carbonyl (C=O) groups is 1. The Morgan fingerprint density at radius 3 is 2.70 bits per heavy atom. The van der Waals surface area contributed by atoms with Crippen LogP contribution in [0.1, 0.15) is 45.2 Å². The van der Waals surface area contributed by atoms with Crippen LogP contribution in [0.3, 0.4) is 0 Å². The van der Waals surface area contributed by atoms with E-state index >= 15 is 0 Å². The van der Waals surface area contributed by atoms with Gasteiger partial charge in [-0.2, -0.15) is 0 Å². The molecule has 3 nitrogen and oxygen atoms in total. The Morgan fingerprint density at radius 1 is 1.40 bits per heavy atom. The monoisotopic (exact) mass is 343 g/mol. The molecular formula is C15H19BrFNO2. The van der Waals surface area contributed by atoms with E-state index in [1.54, 1.807) is 4.90 Å². The molecule has 1 amide bonds. The molecule has 1 heterocycles. The highest BCUT2D eigenvalue weighted by atomic mass is 79.9. The summed E-state index contributed by atoms with van der Waals surface area (Å²) in [4.78, 5) is 13.9. The molecule has 1 aliphatic rings. The molecule has 0 saturated carbocycles. The highest BCUT2D eigenvalue weighted by molar-refractivity contribution is 9.10. The average molecular weight is 344 g/mol. The number of benzene rings is 1. The molecule has 5 heteroatoms. The summed E-state index contributed by atoms with van der Waals surface area (Å²) in [6.45, 7) is 6.17. The maximum absolute atomic E-state index is 13.5. The SMILES string of the molecule is CC(C)(C)OC(=O)N1CCCC1c1cc(F)cc(Br)c1. The Bertz CT molecular complexity index is 493. The molecule has 1 aliphatic heterocycles. The van der Waals surface area contributed by atoms with Gasteiger partial charge in [-0.25, -0.2) is 9.18 Å². The van der Waals surface area contributed by atoms with E-state index in [4.69, 9.17) is 4.74 Å². The van der Waals surface area contributed by atoms with Gasteiger partial charge < -0.3 is 9.64 Å². The van der Waals surface area contributed by atoms with Crippen LogP contribution >= 0.6 is 15.9 Å². The minimum atomic E-state index is -0.521. The van der Waals surface area contributed by atoms with Crippen molar-refractivity contribution in [1.82, 2.24) is 4.90 Å². The van der Waals surface area contributed by atoms with Crippen LogP contribution in [0.2, 0.25) is 0 Å². The van der Waals surface area contributed by atoms with Crippen molar-refractivity contribution in [2.24, 2.45) is 0 Å². The predicted octanol–water partition coefficient (Wildman–Crippen LogP) is 4.66. The second-order valence-corrected chi connectivity index (χ2v) is 6.95. The summed E-state index contributed by atoms with van der Waals surface area (Å²) >= 11 is 3.29. The molecule has 1 aromatic carbocycles. The number of nitrogens with zero attached hydrogens (tertiary/aromatic N) is 1. The van der Waals surface area contributed by atoms with E-state index in [-0.39, 0.29) is 18.0 Å². The van der Waals surface area contributed by atoms with Gasteiger partial charge in [-0.3, -0.25) is 0 Å². The third-order valence-corrected chi connectivity index (χ3v) is 3.61. The first kappa shape index (κ1) is 15.3. The normalized spacial score (nSPS) is 19.2. The third kappa shape index (κ3) is 3.72. The molecule has 1 aromatic rings. The van der Waals surface area contributed by atoms with E-state index in [0.717, 1.165) is 18.4 Å². The maximum Gasteiger partial charge on any atom is 0.410 e. The van der Waals surface area contributed by atoms with E-state index in [0.29, 0.717) is 11.0 Å². The van der Waals surface area contributed by atoms with Crippen molar-refractivity contribution in [3.63, 3.8) is 0 Å². The molecule has 2 rings (SSSR count). The van der Waals surface area contributed by atoms with Crippen LogP contribution in [-0.4, -0.2) is 23.1 Å². The van der Waals surface area contributed by atoms with Crippen molar-refractivity contribution < 1.29 is 13.9 Å². The Labute approximate surface area is 127 Å². The molecule has 1 unspecified atom stereocenters. The highest BCUT2D eigenvalue weighted by Gasteiger charge is 2.33. The minimum absolute atomic E-state index is 0.114. The Hall–Kier alpha value is -1.10. The lowest BCUT2D eigenvalue weighted by molar-refractivity contribution is 0.0224. The molecule has 1 atom stereocenters. The number of rotatable bonds is 1. The smallest absolute Gasteiger partial charge is 0.410 e. The van der Waals surface area contributed by atoms with Crippen molar-refractivity contribution in [2.75, 3.05) is 6.54 Å². The van der Waals surface area contributed by atoms with Gasteiger partial charge in [0.2, 0.25) is 0 Å². The quantitative estimate of drug-likeness (QED) is 0.742. The zero-order chi connectivity index (χ0) is 14.9. The van der Waals surface area contributed by atoms with Crippen molar-refractivity contribution >= 4 is 22.0 Å². The molecule has 1 fully saturated rings. The first-order chi connectivity index (χ1) is 9.26. The summed E-state index contributed by atoms with van der Waals surface area (Å²) in [5.41, 5.74) is 0.285. The number of likely N-dealkylation sites (tertiary alicyclic amines) is 1. The predicted molar refractivity (Wildman–Crippen MR) is 79.0 cm³/mol. The molecule has 0 aliphatic carbocycles. The standard InChI is InChI=1S/C15H19BrFNO2/c1-15(2,3)20-14(19)18-6-4-5-13(18)10-7-11(16)9-12(17)8-10/h7-9,13H,4-6H2,1-3H3. The van der Waals surface area contributed by atoms with Gasteiger partial charge in [-0.15, -0.1) is 0 Å². The van der Waals surface area contributed by atoms with Gasteiger partial charge in [-0.05, 0) is 57.4 Å². The zero-order valence-electron chi connectivity index (χ0n) is 12.0. The fourth-order valence-corrected chi connectivity index (χ4v) is 2.90. The van der Waals surface area contributed by atoms with Crippen LogP contribution in [0, 0.1) is 5.82 Å². The zero-order valence-corrected chi connectivity index (χ0v) is 13.5. The van der Waals surface area contributed by atoms with Gasteiger partial charge in [0, 0.05) is 11.0 Å². The lowest BCUT2D eigenvalue weighted by atomic mass is 10.0. The summed E-state index contributed by atoms with van der Waals surface area (Å²) < 4.78 is 19.6. The number of hydrogen-bond donors (Lipinski definition) is 0. The summed E-state index contributed by atoms with van der Waals surface area (Å²) in [5.74, 6) is -0.301. The van der Waals surface area contributed by atoms with Crippen molar-refractivity contribution in [2.45, 2.75) is 45.3 Å². The number of amides is 1. The Balaban J connectivity index is 2.20. The Morgan fingerprint density at radius 2 is 2.10 bits per heavy atom. The van der Waals surface area contributed by atoms with Gasteiger partial charge >= 0.3 is 6.09 Å². The van der Waals surface area contributed by atoms with E-state index < -0.39 is 5.60 Å². The fraction of sp³-hybridized carbons (Fsp3) is 0.533. The summed E-state index contributed by atoms with van der Waals surface area (Å²) in [5, 5.41) is 0. The van der Waals surface area contributed by atoms with Gasteiger partial charge in [0.1, 0.15) is 11.4 Å². The molecular weight excluding hydrogens is 325 g/mol. The van der Waals surface area contributed by atoms with Crippen LogP contribution in [0.25, 0.3) is 0 Å². The van der Waals surface area contributed by atoms with Crippen molar-refractivity contribution in [1.29, 1.82) is 0 Å².